The standard InChI is InChI=1S/C20H27N3O4S/c1-20(2,12-7-8-14-15(9-12)27-11-26-14)23-17(24)6-4-3-5-16-18-13(10-28-16)21-19(25)22-18/h7-9,13,16,18H,3-6,10-11H2,1-2H3,(H,23,24)(H2,21,22,25)/t13-,16-,18-/m0/s1. The number of ether oxygens (including phenoxy) is 2. The molecule has 3 heterocycles. The second-order valence-electron chi connectivity index (χ2n) is 8.11. The molecule has 0 aromatic heterocycles. The summed E-state index contributed by atoms with van der Waals surface area (Å²) in [5.74, 6) is 2.49. The van der Waals surface area contributed by atoms with Gasteiger partial charge in [0.2, 0.25) is 12.7 Å². The number of benzene rings is 1. The minimum absolute atomic E-state index is 0.0505. The van der Waals surface area contributed by atoms with Crippen LogP contribution in [0, 0.1) is 0 Å². The Kier molecular flexibility index (Phi) is 5.31. The Bertz CT molecular complexity index is 770. The van der Waals surface area contributed by atoms with Crippen molar-refractivity contribution in [1.82, 2.24) is 16.0 Å². The summed E-state index contributed by atoms with van der Waals surface area (Å²) in [6.45, 7) is 4.23. The minimum Gasteiger partial charge on any atom is -0.454 e. The van der Waals surface area contributed by atoms with Crippen LogP contribution in [-0.4, -0.2) is 41.8 Å². The molecule has 0 radical (unpaired) electrons. The Morgan fingerprint density at radius 2 is 2.07 bits per heavy atom. The fourth-order valence-corrected chi connectivity index (χ4v) is 5.59. The van der Waals surface area contributed by atoms with Crippen LogP contribution in [-0.2, 0) is 10.3 Å². The SMILES string of the molecule is CC(C)(NC(=O)CCCC[C@@H]1SC[C@@H]2NC(=O)N[C@@H]21)c1ccc2c(c1)OCO2. The monoisotopic (exact) mass is 405 g/mol. The number of thioether (sulfide) groups is 1. The van der Waals surface area contributed by atoms with E-state index in [1.54, 1.807) is 0 Å². The van der Waals surface area contributed by atoms with Crippen LogP contribution in [0.3, 0.4) is 0 Å². The molecule has 1 aromatic rings. The molecule has 2 saturated heterocycles. The van der Waals surface area contributed by atoms with Crippen LogP contribution < -0.4 is 25.4 Å². The zero-order valence-electron chi connectivity index (χ0n) is 16.2. The molecule has 4 rings (SSSR count). The van der Waals surface area contributed by atoms with Gasteiger partial charge in [-0.25, -0.2) is 4.79 Å². The Hall–Kier alpha value is -2.09. The molecule has 1 aromatic carbocycles. The van der Waals surface area contributed by atoms with Gasteiger partial charge in [0, 0.05) is 17.4 Å². The number of rotatable bonds is 7. The number of hydrogen-bond acceptors (Lipinski definition) is 5. The van der Waals surface area contributed by atoms with E-state index in [9.17, 15) is 9.59 Å². The first-order chi connectivity index (χ1) is 13.4. The Balaban J connectivity index is 1.21. The van der Waals surface area contributed by atoms with Crippen molar-refractivity contribution in [3.05, 3.63) is 23.8 Å². The third-order valence-corrected chi connectivity index (χ3v) is 7.14. The van der Waals surface area contributed by atoms with Gasteiger partial charge in [0.25, 0.3) is 0 Å². The molecule has 3 amide bonds. The van der Waals surface area contributed by atoms with Crippen LogP contribution in [0.5, 0.6) is 11.5 Å². The molecule has 3 N–H and O–H groups in total. The van der Waals surface area contributed by atoms with Gasteiger partial charge in [0.1, 0.15) is 0 Å². The molecule has 152 valence electrons. The van der Waals surface area contributed by atoms with E-state index in [4.69, 9.17) is 9.47 Å². The summed E-state index contributed by atoms with van der Waals surface area (Å²) in [7, 11) is 0. The Labute approximate surface area is 169 Å². The highest BCUT2D eigenvalue weighted by Crippen LogP contribution is 2.36. The fraction of sp³-hybridized carbons (Fsp3) is 0.600. The van der Waals surface area contributed by atoms with Crippen molar-refractivity contribution in [1.29, 1.82) is 0 Å². The van der Waals surface area contributed by atoms with Crippen molar-refractivity contribution in [2.24, 2.45) is 0 Å². The molecule has 2 fully saturated rings. The average Bonchev–Trinajstić information content (AvgIpc) is 3.33. The van der Waals surface area contributed by atoms with Gasteiger partial charge in [-0.15, -0.1) is 0 Å². The molecular formula is C20H27N3O4S. The summed E-state index contributed by atoms with van der Waals surface area (Å²) < 4.78 is 10.8. The third-order valence-electron chi connectivity index (χ3n) is 5.63. The summed E-state index contributed by atoms with van der Waals surface area (Å²) in [5, 5.41) is 9.54. The predicted octanol–water partition coefficient (Wildman–Crippen LogP) is 2.49. The van der Waals surface area contributed by atoms with E-state index in [-0.39, 0.29) is 30.8 Å². The van der Waals surface area contributed by atoms with Crippen molar-refractivity contribution in [3.8, 4) is 11.5 Å². The third kappa shape index (κ3) is 4.01. The van der Waals surface area contributed by atoms with Crippen LogP contribution >= 0.6 is 11.8 Å². The first-order valence-electron chi connectivity index (χ1n) is 9.82. The lowest BCUT2D eigenvalue weighted by atomic mass is 9.93. The zero-order valence-corrected chi connectivity index (χ0v) is 17.1. The number of hydrogen-bond donors (Lipinski definition) is 3. The van der Waals surface area contributed by atoms with Crippen molar-refractivity contribution in [3.63, 3.8) is 0 Å². The van der Waals surface area contributed by atoms with E-state index >= 15 is 0 Å². The number of fused-ring (bicyclic) bond motifs is 2. The lowest BCUT2D eigenvalue weighted by molar-refractivity contribution is -0.122. The normalized spacial score (nSPS) is 25.2. The lowest BCUT2D eigenvalue weighted by Crippen LogP contribution is -2.40. The second-order valence-corrected chi connectivity index (χ2v) is 9.38. The van der Waals surface area contributed by atoms with Crippen LogP contribution in [0.2, 0.25) is 0 Å². The summed E-state index contributed by atoms with van der Waals surface area (Å²) in [6.07, 6.45) is 3.35. The number of carbonyl (C=O) groups excluding carboxylic acids is 2. The van der Waals surface area contributed by atoms with Crippen LogP contribution in [0.15, 0.2) is 18.2 Å². The fourth-order valence-electron chi connectivity index (χ4n) is 4.04. The van der Waals surface area contributed by atoms with Crippen LogP contribution in [0.4, 0.5) is 4.79 Å². The van der Waals surface area contributed by atoms with Gasteiger partial charge in [0.05, 0.1) is 17.6 Å². The van der Waals surface area contributed by atoms with E-state index in [0.29, 0.717) is 11.7 Å². The van der Waals surface area contributed by atoms with Crippen molar-refractivity contribution < 1.29 is 19.1 Å². The smallest absolute Gasteiger partial charge is 0.315 e. The molecule has 0 aliphatic carbocycles. The molecule has 3 aliphatic heterocycles. The van der Waals surface area contributed by atoms with Gasteiger partial charge >= 0.3 is 6.03 Å². The Morgan fingerprint density at radius 3 is 2.93 bits per heavy atom. The Morgan fingerprint density at radius 1 is 1.25 bits per heavy atom. The van der Waals surface area contributed by atoms with E-state index in [1.165, 1.54) is 0 Å². The van der Waals surface area contributed by atoms with E-state index < -0.39 is 5.54 Å². The topological polar surface area (TPSA) is 88.7 Å². The van der Waals surface area contributed by atoms with Crippen molar-refractivity contribution >= 4 is 23.7 Å². The summed E-state index contributed by atoms with van der Waals surface area (Å²) >= 11 is 1.91. The summed E-state index contributed by atoms with van der Waals surface area (Å²) in [5.41, 5.74) is 0.509. The maximum Gasteiger partial charge on any atom is 0.315 e. The van der Waals surface area contributed by atoms with E-state index in [2.05, 4.69) is 16.0 Å². The maximum atomic E-state index is 12.4. The summed E-state index contributed by atoms with van der Waals surface area (Å²) in [6, 6.07) is 6.22. The highest BCUT2D eigenvalue weighted by molar-refractivity contribution is 8.00. The van der Waals surface area contributed by atoms with Gasteiger partial charge in [-0.2, -0.15) is 11.8 Å². The van der Waals surface area contributed by atoms with Crippen LogP contribution in [0.25, 0.3) is 0 Å². The predicted molar refractivity (Wildman–Crippen MR) is 108 cm³/mol. The van der Waals surface area contributed by atoms with Gasteiger partial charge in [-0.1, -0.05) is 12.5 Å². The molecule has 0 bridgehead atoms. The number of unbranched alkanes of at least 4 members (excludes halogenated alkanes) is 1. The molecule has 0 saturated carbocycles. The summed E-state index contributed by atoms with van der Waals surface area (Å²) in [4.78, 5) is 23.9. The average molecular weight is 406 g/mol. The number of carbonyl (C=O) groups is 2. The van der Waals surface area contributed by atoms with Gasteiger partial charge in [0.15, 0.2) is 11.5 Å². The van der Waals surface area contributed by atoms with Gasteiger partial charge in [-0.3, -0.25) is 4.79 Å². The highest BCUT2D eigenvalue weighted by Gasteiger charge is 2.42. The molecule has 3 aliphatic rings. The number of amides is 3. The molecule has 7 nitrogen and oxygen atoms in total. The molecule has 3 atom stereocenters. The minimum atomic E-state index is -0.480. The van der Waals surface area contributed by atoms with Crippen molar-refractivity contribution in [2.45, 2.75) is 62.4 Å². The largest absolute Gasteiger partial charge is 0.454 e. The molecule has 0 unspecified atom stereocenters. The van der Waals surface area contributed by atoms with E-state index in [0.717, 1.165) is 42.1 Å². The molecular weight excluding hydrogens is 378 g/mol. The highest BCUT2D eigenvalue weighted by atomic mass is 32.2. The van der Waals surface area contributed by atoms with Crippen molar-refractivity contribution in [2.75, 3.05) is 12.5 Å². The first-order valence-corrected chi connectivity index (χ1v) is 10.9. The molecule has 8 heteroatoms. The number of urea groups is 1. The molecule has 28 heavy (non-hydrogen) atoms. The number of nitrogens with one attached hydrogen (secondary N) is 3. The van der Waals surface area contributed by atoms with Gasteiger partial charge in [-0.05, 0) is 44.4 Å². The first kappa shape index (κ1) is 19.2. The van der Waals surface area contributed by atoms with E-state index in [1.807, 2.05) is 43.8 Å². The second kappa shape index (κ2) is 7.73. The van der Waals surface area contributed by atoms with Gasteiger partial charge < -0.3 is 25.4 Å². The van der Waals surface area contributed by atoms with Crippen LogP contribution in [0.1, 0.15) is 45.1 Å². The quantitative estimate of drug-likeness (QED) is 0.479. The molecule has 0 spiro atoms. The zero-order chi connectivity index (χ0) is 19.7. The lowest BCUT2D eigenvalue weighted by Gasteiger charge is -2.27. The maximum absolute atomic E-state index is 12.4.